The average Bonchev–Trinajstić information content (AvgIpc) is 2.93. The van der Waals surface area contributed by atoms with Gasteiger partial charge in [0.25, 0.3) is 0 Å². The summed E-state index contributed by atoms with van der Waals surface area (Å²) in [7, 11) is 0. The molecular weight excluding hydrogens is 314 g/mol. The van der Waals surface area contributed by atoms with Gasteiger partial charge in [-0.2, -0.15) is 0 Å². The fraction of sp³-hybridized carbons (Fsp3) is 0.280. The van der Waals surface area contributed by atoms with E-state index in [4.69, 9.17) is 0 Å². The highest BCUT2D eigenvalue weighted by atomic mass is 15.0. The Bertz CT molecular complexity index is 1280. The highest BCUT2D eigenvalue weighted by Gasteiger charge is 2.42. The van der Waals surface area contributed by atoms with Gasteiger partial charge in [0.05, 0.1) is 16.7 Å². The van der Waals surface area contributed by atoms with Crippen molar-refractivity contribution in [2.24, 2.45) is 0 Å². The molecule has 26 heavy (non-hydrogen) atoms. The summed E-state index contributed by atoms with van der Waals surface area (Å²) in [6.07, 6.45) is 0. The van der Waals surface area contributed by atoms with Crippen LogP contribution in [0.2, 0.25) is 0 Å². The van der Waals surface area contributed by atoms with Crippen molar-refractivity contribution in [3.05, 3.63) is 76.3 Å². The molecule has 0 aliphatic carbocycles. The summed E-state index contributed by atoms with van der Waals surface area (Å²) < 4.78 is 2.58. The van der Waals surface area contributed by atoms with Crippen molar-refractivity contribution >= 4 is 21.8 Å². The maximum atomic E-state index is 2.58. The van der Waals surface area contributed by atoms with E-state index in [0.29, 0.717) is 0 Å². The fourth-order valence-electron chi connectivity index (χ4n) is 5.63. The summed E-state index contributed by atoms with van der Waals surface area (Å²) in [5, 5.41) is 2.80. The third-order valence-electron chi connectivity index (χ3n) is 6.98. The molecule has 3 aromatic carbocycles. The number of hydrogen-bond acceptors (Lipinski definition) is 0. The monoisotopic (exact) mass is 337 g/mol. The molecule has 0 radical (unpaired) electrons. The van der Waals surface area contributed by atoms with E-state index in [0.717, 1.165) is 0 Å². The normalized spacial score (nSPS) is 18.0. The van der Waals surface area contributed by atoms with Crippen molar-refractivity contribution < 1.29 is 0 Å². The van der Waals surface area contributed by atoms with E-state index in [1.807, 2.05) is 0 Å². The lowest BCUT2D eigenvalue weighted by Crippen LogP contribution is -2.33. The summed E-state index contributed by atoms with van der Waals surface area (Å²) in [5.41, 5.74) is 11.4. The molecule has 0 fully saturated rings. The molecule has 0 unspecified atom stereocenters. The lowest BCUT2D eigenvalue weighted by molar-refractivity contribution is 0.593. The first-order valence-electron chi connectivity index (χ1n) is 9.56. The molecule has 1 heteroatoms. The number of para-hydroxylation sites is 2. The molecule has 0 N–H and O–H groups in total. The summed E-state index contributed by atoms with van der Waals surface area (Å²) in [4.78, 5) is 0. The van der Waals surface area contributed by atoms with Crippen LogP contribution in [0, 0.1) is 6.92 Å². The van der Waals surface area contributed by atoms with Crippen LogP contribution in [0.15, 0.2) is 48.5 Å². The summed E-state index contributed by atoms with van der Waals surface area (Å²) in [6, 6.07) is 18.6. The molecule has 0 atom stereocenters. The van der Waals surface area contributed by atoms with Gasteiger partial charge >= 0.3 is 0 Å². The average molecular weight is 337 g/mol. The van der Waals surface area contributed by atoms with Gasteiger partial charge in [0.15, 0.2) is 0 Å². The van der Waals surface area contributed by atoms with Gasteiger partial charge in [-0.05, 0) is 35.2 Å². The van der Waals surface area contributed by atoms with Crippen molar-refractivity contribution in [1.82, 2.24) is 4.57 Å². The van der Waals surface area contributed by atoms with E-state index in [1.54, 1.807) is 0 Å². The minimum atomic E-state index is 0.00751. The lowest BCUT2D eigenvalue weighted by Gasteiger charge is -2.42. The van der Waals surface area contributed by atoms with Crippen LogP contribution in [0.1, 0.15) is 55.5 Å². The Morgan fingerprint density at radius 1 is 0.654 bits per heavy atom. The smallest absolute Gasteiger partial charge is 0.0582 e. The zero-order valence-electron chi connectivity index (χ0n) is 16.1. The van der Waals surface area contributed by atoms with E-state index in [1.165, 1.54) is 55.3 Å². The molecule has 0 bridgehead atoms. The van der Waals surface area contributed by atoms with Crippen molar-refractivity contribution in [2.45, 2.75) is 45.4 Å². The molecule has 1 nitrogen and oxygen atoms in total. The summed E-state index contributed by atoms with van der Waals surface area (Å²) >= 11 is 0. The highest BCUT2D eigenvalue weighted by molar-refractivity contribution is 6.14. The summed E-state index contributed by atoms with van der Waals surface area (Å²) in [5.74, 6) is 0. The van der Waals surface area contributed by atoms with E-state index >= 15 is 0 Å². The van der Waals surface area contributed by atoms with Crippen molar-refractivity contribution in [1.29, 1.82) is 0 Å². The Labute approximate surface area is 154 Å². The topological polar surface area (TPSA) is 4.93 Å². The molecule has 6 rings (SSSR count). The van der Waals surface area contributed by atoms with Gasteiger partial charge < -0.3 is 4.57 Å². The van der Waals surface area contributed by atoms with Crippen LogP contribution in [0.5, 0.6) is 0 Å². The van der Waals surface area contributed by atoms with Gasteiger partial charge in [-0.15, -0.1) is 0 Å². The van der Waals surface area contributed by atoms with E-state index in [-0.39, 0.29) is 10.8 Å². The molecule has 4 aromatic rings. The minimum Gasteiger partial charge on any atom is -0.308 e. The van der Waals surface area contributed by atoms with Gasteiger partial charge in [-0.3, -0.25) is 0 Å². The molecule has 1 aromatic heterocycles. The van der Waals surface area contributed by atoms with Gasteiger partial charge in [0.1, 0.15) is 0 Å². The number of aromatic nitrogens is 1. The number of fused-ring (bicyclic) bond motifs is 1. The number of benzene rings is 3. The summed E-state index contributed by atoms with van der Waals surface area (Å²) in [6.45, 7) is 11.8. The Morgan fingerprint density at radius 2 is 1.23 bits per heavy atom. The lowest BCUT2D eigenvalue weighted by atomic mass is 9.68. The zero-order chi connectivity index (χ0) is 18.0. The van der Waals surface area contributed by atoms with Gasteiger partial charge in [0.2, 0.25) is 0 Å². The van der Waals surface area contributed by atoms with Crippen LogP contribution >= 0.6 is 0 Å². The van der Waals surface area contributed by atoms with E-state index in [9.17, 15) is 0 Å². The Balaban J connectivity index is 2.05. The minimum absolute atomic E-state index is 0.00751. The molecule has 3 heterocycles. The maximum absolute atomic E-state index is 2.58. The second-order valence-electron chi connectivity index (χ2n) is 9.20. The second-order valence-corrected chi connectivity index (χ2v) is 9.20. The number of nitrogens with zero attached hydrogens (tertiary/aromatic N) is 1. The van der Waals surface area contributed by atoms with Crippen LogP contribution < -0.4 is 0 Å². The van der Waals surface area contributed by atoms with Crippen LogP contribution in [-0.4, -0.2) is 4.57 Å². The predicted molar refractivity (Wildman–Crippen MR) is 110 cm³/mol. The largest absolute Gasteiger partial charge is 0.308 e. The number of hydrogen-bond donors (Lipinski definition) is 0. The Kier molecular flexibility index (Phi) is 2.28. The Morgan fingerprint density at radius 3 is 1.96 bits per heavy atom. The fourth-order valence-corrected chi connectivity index (χ4v) is 5.63. The first-order chi connectivity index (χ1) is 12.3. The quantitative estimate of drug-likeness (QED) is 0.351. The number of aryl methyl sites for hydroxylation is 1. The molecule has 2 aliphatic heterocycles. The molecule has 0 saturated carbocycles. The standard InChI is InChI=1S/C25H23N/c1-14-12-16-15-8-6-9-17-21(15)26-22(16)20(13-14)25(4,5)19-11-7-10-18(23(19)26)24(17,2)3/h6-13H,1-5H3. The third kappa shape index (κ3) is 1.35. The predicted octanol–water partition coefficient (Wildman–Crippen LogP) is 6.37. The molecular formula is C25H23N. The highest BCUT2D eigenvalue weighted by Crippen LogP contribution is 2.55. The SMILES string of the molecule is Cc1cc2c3c(c1)c1cccc4c1n3-c1c(cccc1C2(C)C)C4(C)C. The van der Waals surface area contributed by atoms with Crippen molar-refractivity contribution in [2.75, 3.05) is 0 Å². The van der Waals surface area contributed by atoms with E-state index in [2.05, 4.69) is 87.7 Å². The van der Waals surface area contributed by atoms with Gasteiger partial charge in [-0.25, -0.2) is 0 Å². The van der Waals surface area contributed by atoms with Gasteiger partial charge in [-0.1, -0.05) is 75.7 Å². The van der Waals surface area contributed by atoms with Crippen LogP contribution in [0.3, 0.4) is 0 Å². The van der Waals surface area contributed by atoms with Crippen molar-refractivity contribution in [3.8, 4) is 5.69 Å². The van der Waals surface area contributed by atoms with Crippen LogP contribution in [-0.2, 0) is 10.8 Å². The zero-order valence-corrected chi connectivity index (χ0v) is 16.1. The van der Waals surface area contributed by atoms with Gasteiger partial charge in [0, 0.05) is 21.6 Å². The molecule has 2 aliphatic rings. The van der Waals surface area contributed by atoms with Crippen LogP contribution in [0.25, 0.3) is 27.5 Å². The first-order valence-corrected chi connectivity index (χ1v) is 9.56. The van der Waals surface area contributed by atoms with Crippen LogP contribution in [0.4, 0.5) is 0 Å². The molecule has 0 spiro atoms. The van der Waals surface area contributed by atoms with Crippen molar-refractivity contribution in [3.63, 3.8) is 0 Å². The maximum Gasteiger partial charge on any atom is 0.0582 e. The molecule has 128 valence electrons. The number of rotatable bonds is 0. The second kappa shape index (κ2) is 4.06. The Hall–Kier alpha value is -2.54. The van der Waals surface area contributed by atoms with E-state index < -0.39 is 0 Å². The molecule has 0 amide bonds. The third-order valence-corrected chi connectivity index (χ3v) is 6.98. The first kappa shape index (κ1) is 14.6. The molecule has 0 saturated heterocycles.